The second-order valence-electron chi connectivity index (χ2n) is 5.12. The number of nitrogens with one attached hydrogen (secondary N) is 1. The Kier molecular flexibility index (Phi) is 2.46. The van der Waals surface area contributed by atoms with Crippen molar-refractivity contribution >= 4 is 5.91 Å². The lowest BCUT2D eigenvalue weighted by Gasteiger charge is -2.21. The van der Waals surface area contributed by atoms with E-state index in [4.69, 9.17) is 4.42 Å². The van der Waals surface area contributed by atoms with Crippen molar-refractivity contribution < 1.29 is 9.21 Å². The molecule has 2 aliphatic rings. The van der Waals surface area contributed by atoms with E-state index in [1.165, 1.54) is 31.9 Å². The van der Waals surface area contributed by atoms with E-state index in [9.17, 15) is 4.79 Å². The average molecular weight is 219 g/mol. The summed E-state index contributed by atoms with van der Waals surface area (Å²) in [5.41, 5.74) is 0. The molecule has 3 atom stereocenters. The highest BCUT2D eigenvalue weighted by Crippen LogP contribution is 2.47. The van der Waals surface area contributed by atoms with E-state index < -0.39 is 0 Å². The van der Waals surface area contributed by atoms with Crippen molar-refractivity contribution in [3.63, 3.8) is 0 Å². The zero-order chi connectivity index (χ0) is 11.0. The third-order valence-electron chi connectivity index (χ3n) is 4.15. The van der Waals surface area contributed by atoms with Gasteiger partial charge in [0, 0.05) is 6.54 Å². The van der Waals surface area contributed by atoms with Crippen LogP contribution in [-0.2, 0) is 0 Å². The molecule has 1 aromatic heterocycles. The number of amides is 1. The molecule has 2 fully saturated rings. The number of furan rings is 1. The fraction of sp³-hybridized carbons (Fsp3) is 0.615. The molecule has 0 radical (unpaired) electrons. The van der Waals surface area contributed by atoms with E-state index in [2.05, 4.69) is 5.32 Å². The molecule has 1 amide bonds. The maximum atomic E-state index is 11.7. The van der Waals surface area contributed by atoms with Crippen LogP contribution in [0.4, 0.5) is 0 Å². The molecule has 0 saturated heterocycles. The predicted octanol–water partition coefficient (Wildman–Crippen LogP) is 2.45. The predicted molar refractivity (Wildman–Crippen MR) is 60.0 cm³/mol. The van der Waals surface area contributed by atoms with Crippen molar-refractivity contribution in [1.29, 1.82) is 0 Å². The summed E-state index contributed by atoms with van der Waals surface area (Å²) in [5, 5.41) is 2.98. The fourth-order valence-corrected chi connectivity index (χ4v) is 3.35. The molecule has 1 aromatic rings. The second kappa shape index (κ2) is 3.96. The van der Waals surface area contributed by atoms with Crippen molar-refractivity contribution in [3.8, 4) is 0 Å². The molecule has 0 aromatic carbocycles. The van der Waals surface area contributed by atoms with Crippen molar-refractivity contribution in [2.75, 3.05) is 6.54 Å². The van der Waals surface area contributed by atoms with Gasteiger partial charge in [0.25, 0.3) is 5.91 Å². The van der Waals surface area contributed by atoms with Gasteiger partial charge in [-0.05, 0) is 49.1 Å². The lowest BCUT2D eigenvalue weighted by molar-refractivity contribution is 0.0914. The molecule has 0 unspecified atom stereocenters. The maximum absolute atomic E-state index is 11.7. The Bertz CT molecular complexity index is 371. The largest absolute Gasteiger partial charge is 0.459 e. The summed E-state index contributed by atoms with van der Waals surface area (Å²) in [6.07, 6.45) is 7.01. The molecule has 2 aliphatic carbocycles. The number of carbonyl (C=O) groups is 1. The van der Waals surface area contributed by atoms with Gasteiger partial charge in [0.1, 0.15) is 0 Å². The van der Waals surface area contributed by atoms with Gasteiger partial charge in [-0.1, -0.05) is 6.42 Å². The van der Waals surface area contributed by atoms with Gasteiger partial charge in [0.15, 0.2) is 5.76 Å². The minimum Gasteiger partial charge on any atom is -0.459 e. The molecular weight excluding hydrogens is 202 g/mol. The zero-order valence-corrected chi connectivity index (χ0v) is 9.32. The maximum Gasteiger partial charge on any atom is 0.286 e. The van der Waals surface area contributed by atoms with E-state index in [0.717, 1.165) is 18.4 Å². The van der Waals surface area contributed by atoms with Gasteiger partial charge >= 0.3 is 0 Å². The van der Waals surface area contributed by atoms with Crippen LogP contribution in [0.5, 0.6) is 0 Å². The monoisotopic (exact) mass is 219 g/mol. The van der Waals surface area contributed by atoms with E-state index in [-0.39, 0.29) is 5.91 Å². The van der Waals surface area contributed by atoms with E-state index in [1.807, 2.05) is 0 Å². The highest BCUT2D eigenvalue weighted by molar-refractivity contribution is 5.91. The van der Waals surface area contributed by atoms with Gasteiger partial charge in [0.2, 0.25) is 0 Å². The van der Waals surface area contributed by atoms with Gasteiger partial charge in [-0.25, -0.2) is 0 Å². The molecule has 3 rings (SSSR count). The Balaban J connectivity index is 1.52. The lowest BCUT2D eigenvalue weighted by Crippen LogP contribution is -2.31. The highest BCUT2D eigenvalue weighted by Gasteiger charge is 2.39. The van der Waals surface area contributed by atoms with Gasteiger partial charge in [-0.2, -0.15) is 0 Å². The van der Waals surface area contributed by atoms with E-state index >= 15 is 0 Å². The van der Waals surface area contributed by atoms with Crippen LogP contribution in [0.1, 0.15) is 36.2 Å². The number of hydrogen-bond acceptors (Lipinski definition) is 2. The molecule has 3 heteroatoms. The first-order valence-electron chi connectivity index (χ1n) is 6.14. The first kappa shape index (κ1) is 9.94. The summed E-state index contributed by atoms with van der Waals surface area (Å²) in [5.74, 6) is 2.85. The third kappa shape index (κ3) is 1.75. The Labute approximate surface area is 95.2 Å². The zero-order valence-electron chi connectivity index (χ0n) is 9.32. The SMILES string of the molecule is O=C(NC[C@H]1C[C@@H]2CC[C@@H]1C2)c1ccco1. The quantitative estimate of drug-likeness (QED) is 0.848. The highest BCUT2D eigenvalue weighted by atomic mass is 16.3. The number of fused-ring (bicyclic) bond motifs is 2. The molecule has 1 N–H and O–H groups in total. The van der Waals surface area contributed by atoms with Gasteiger partial charge in [-0.3, -0.25) is 4.79 Å². The molecule has 2 saturated carbocycles. The van der Waals surface area contributed by atoms with Crippen molar-refractivity contribution in [2.24, 2.45) is 17.8 Å². The van der Waals surface area contributed by atoms with Gasteiger partial charge in [-0.15, -0.1) is 0 Å². The van der Waals surface area contributed by atoms with Crippen LogP contribution < -0.4 is 5.32 Å². The molecule has 1 heterocycles. The lowest BCUT2D eigenvalue weighted by atomic mass is 9.89. The number of hydrogen-bond donors (Lipinski definition) is 1. The molecular formula is C13H17NO2. The van der Waals surface area contributed by atoms with Crippen LogP contribution >= 0.6 is 0 Å². The van der Waals surface area contributed by atoms with E-state index in [0.29, 0.717) is 11.7 Å². The van der Waals surface area contributed by atoms with Crippen LogP contribution in [0.15, 0.2) is 22.8 Å². The minimum atomic E-state index is -0.0761. The molecule has 0 aliphatic heterocycles. The first-order chi connectivity index (χ1) is 7.83. The Morgan fingerprint density at radius 3 is 3.00 bits per heavy atom. The van der Waals surface area contributed by atoms with E-state index in [1.54, 1.807) is 12.1 Å². The topological polar surface area (TPSA) is 42.2 Å². The van der Waals surface area contributed by atoms with Crippen LogP contribution in [0.3, 0.4) is 0 Å². The molecule has 0 spiro atoms. The standard InChI is InChI=1S/C13H17NO2/c15-13(12-2-1-5-16-12)14-8-11-7-9-3-4-10(11)6-9/h1-2,5,9-11H,3-4,6-8H2,(H,14,15)/t9-,10-,11-/m1/s1. The van der Waals surface area contributed by atoms with Gasteiger partial charge in [0.05, 0.1) is 6.26 Å². The van der Waals surface area contributed by atoms with Crippen molar-refractivity contribution in [1.82, 2.24) is 5.32 Å². The molecule has 2 bridgehead atoms. The van der Waals surface area contributed by atoms with Crippen LogP contribution in [0.2, 0.25) is 0 Å². The van der Waals surface area contributed by atoms with Crippen molar-refractivity contribution in [3.05, 3.63) is 24.2 Å². The first-order valence-corrected chi connectivity index (χ1v) is 6.14. The fourth-order valence-electron chi connectivity index (χ4n) is 3.35. The summed E-state index contributed by atoms with van der Waals surface area (Å²) >= 11 is 0. The summed E-state index contributed by atoms with van der Waals surface area (Å²) < 4.78 is 5.06. The summed E-state index contributed by atoms with van der Waals surface area (Å²) in [7, 11) is 0. The Hall–Kier alpha value is -1.25. The minimum absolute atomic E-state index is 0.0761. The summed E-state index contributed by atoms with van der Waals surface area (Å²) in [6, 6.07) is 3.45. The Morgan fingerprint density at radius 2 is 2.38 bits per heavy atom. The van der Waals surface area contributed by atoms with Crippen molar-refractivity contribution in [2.45, 2.75) is 25.7 Å². The summed E-state index contributed by atoms with van der Waals surface area (Å²) in [6.45, 7) is 0.820. The number of carbonyl (C=O) groups excluding carboxylic acids is 1. The normalized spacial score (nSPS) is 31.9. The molecule has 16 heavy (non-hydrogen) atoms. The van der Waals surface area contributed by atoms with Gasteiger partial charge < -0.3 is 9.73 Å². The van der Waals surface area contributed by atoms with Crippen LogP contribution in [0.25, 0.3) is 0 Å². The molecule has 86 valence electrons. The van der Waals surface area contributed by atoms with Crippen LogP contribution in [-0.4, -0.2) is 12.5 Å². The average Bonchev–Trinajstić information content (AvgIpc) is 3.01. The summed E-state index contributed by atoms with van der Waals surface area (Å²) in [4.78, 5) is 11.7. The second-order valence-corrected chi connectivity index (χ2v) is 5.12. The third-order valence-corrected chi connectivity index (χ3v) is 4.15. The number of rotatable bonds is 3. The molecule has 3 nitrogen and oxygen atoms in total. The van der Waals surface area contributed by atoms with Crippen LogP contribution in [0, 0.1) is 17.8 Å². The smallest absolute Gasteiger partial charge is 0.286 e. The Morgan fingerprint density at radius 1 is 1.44 bits per heavy atom.